The lowest BCUT2D eigenvalue weighted by Gasteiger charge is -2.16. The van der Waals surface area contributed by atoms with E-state index in [-0.39, 0.29) is 0 Å². The number of rotatable bonds is 10. The number of benzene rings is 4. The van der Waals surface area contributed by atoms with Crippen molar-refractivity contribution in [3.8, 4) is 28.8 Å². The van der Waals surface area contributed by atoms with Crippen LogP contribution in [0.25, 0.3) is 11.3 Å². The van der Waals surface area contributed by atoms with Crippen molar-refractivity contribution in [1.82, 2.24) is 9.97 Å². The van der Waals surface area contributed by atoms with Crippen molar-refractivity contribution in [3.05, 3.63) is 126 Å². The molecule has 0 spiro atoms. The van der Waals surface area contributed by atoms with Gasteiger partial charge in [-0.25, -0.2) is 4.98 Å². The zero-order chi connectivity index (χ0) is 26.9. The fraction of sp³-hybridized carbons (Fsp3) is 0.0938. The Kier molecular flexibility index (Phi) is 7.96. The molecule has 192 valence electrons. The topological polar surface area (TPSA) is 92.1 Å². The third-order valence-corrected chi connectivity index (χ3v) is 6.03. The second-order valence-corrected chi connectivity index (χ2v) is 8.70. The van der Waals surface area contributed by atoms with Crippen molar-refractivity contribution < 1.29 is 9.47 Å². The molecule has 39 heavy (non-hydrogen) atoms. The maximum absolute atomic E-state index is 10.2. The molecule has 0 amide bonds. The van der Waals surface area contributed by atoms with E-state index in [9.17, 15) is 5.26 Å². The smallest absolute Gasteiger partial charge is 0.225 e. The highest BCUT2D eigenvalue weighted by molar-refractivity contribution is 5.78. The van der Waals surface area contributed by atoms with Gasteiger partial charge >= 0.3 is 0 Å². The maximum Gasteiger partial charge on any atom is 0.225 e. The fourth-order valence-corrected chi connectivity index (χ4v) is 4.05. The first-order chi connectivity index (χ1) is 19.2. The minimum absolute atomic E-state index is 0.323. The Morgan fingerprint density at radius 2 is 1.44 bits per heavy atom. The number of para-hydroxylation sites is 1. The van der Waals surface area contributed by atoms with Gasteiger partial charge in [0.2, 0.25) is 5.95 Å². The van der Waals surface area contributed by atoms with Crippen LogP contribution in [0.4, 0.5) is 17.5 Å². The van der Waals surface area contributed by atoms with Crippen LogP contribution in [0.2, 0.25) is 0 Å². The molecule has 0 atom stereocenters. The van der Waals surface area contributed by atoms with Gasteiger partial charge in [-0.15, -0.1) is 0 Å². The van der Waals surface area contributed by atoms with Crippen LogP contribution in [0.3, 0.4) is 0 Å². The van der Waals surface area contributed by atoms with Crippen LogP contribution in [0.15, 0.2) is 109 Å². The molecule has 0 aliphatic carbocycles. The van der Waals surface area contributed by atoms with E-state index in [2.05, 4.69) is 21.7 Å². The quantitative estimate of drug-likeness (QED) is 0.209. The molecule has 4 aromatic carbocycles. The third-order valence-electron chi connectivity index (χ3n) is 6.03. The van der Waals surface area contributed by atoms with Gasteiger partial charge < -0.3 is 20.1 Å². The first-order valence-corrected chi connectivity index (χ1v) is 12.5. The number of hydrogen-bond donors (Lipinski definition) is 2. The Labute approximate surface area is 227 Å². The van der Waals surface area contributed by atoms with Gasteiger partial charge in [-0.2, -0.15) is 10.2 Å². The summed E-state index contributed by atoms with van der Waals surface area (Å²) in [7, 11) is 1.59. The predicted molar refractivity (Wildman–Crippen MR) is 153 cm³/mol. The van der Waals surface area contributed by atoms with Crippen LogP contribution in [-0.4, -0.2) is 17.1 Å². The number of hydrogen-bond acceptors (Lipinski definition) is 7. The Morgan fingerprint density at radius 3 is 2.10 bits per heavy atom. The summed E-state index contributed by atoms with van der Waals surface area (Å²) in [5, 5.41) is 16.8. The van der Waals surface area contributed by atoms with Gasteiger partial charge in [0.05, 0.1) is 12.8 Å². The number of aromatic nitrogens is 2. The largest absolute Gasteiger partial charge is 0.493 e. The monoisotopic (exact) mass is 513 g/mol. The summed E-state index contributed by atoms with van der Waals surface area (Å²) in [6.07, 6.45) is 0. The predicted octanol–water partition coefficient (Wildman–Crippen LogP) is 6.96. The lowest BCUT2D eigenvalue weighted by atomic mass is 10.1. The highest BCUT2D eigenvalue weighted by Gasteiger charge is 2.18. The van der Waals surface area contributed by atoms with Crippen molar-refractivity contribution in [2.24, 2.45) is 0 Å². The summed E-state index contributed by atoms with van der Waals surface area (Å²) in [6.45, 7) is 0.943. The van der Waals surface area contributed by atoms with Gasteiger partial charge in [0, 0.05) is 17.8 Å². The molecule has 0 fully saturated rings. The SMILES string of the molecule is COc1cc(-c2nc(NCc3ccccc3)nc(Nc3ccccc3)c2C#N)ccc1OCc1ccccc1. The van der Waals surface area contributed by atoms with Gasteiger partial charge in [0.25, 0.3) is 0 Å². The molecule has 0 saturated carbocycles. The van der Waals surface area contributed by atoms with Crippen LogP contribution in [-0.2, 0) is 13.2 Å². The zero-order valence-corrected chi connectivity index (χ0v) is 21.5. The van der Waals surface area contributed by atoms with E-state index in [4.69, 9.17) is 14.5 Å². The summed E-state index contributed by atoms with van der Waals surface area (Å²) in [5.74, 6) is 1.95. The van der Waals surface area contributed by atoms with Crippen LogP contribution in [0.5, 0.6) is 11.5 Å². The molecule has 0 saturated heterocycles. The molecular formula is C32H27N5O2. The van der Waals surface area contributed by atoms with Gasteiger partial charge in [-0.05, 0) is 41.5 Å². The van der Waals surface area contributed by atoms with Crippen LogP contribution in [0, 0.1) is 11.3 Å². The number of ether oxygens (including phenoxy) is 2. The van der Waals surface area contributed by atoms with Crippen LogP contribution in [0.1, 0.15) is 16.7 Å². The Hall–Kier alpha value is -5.35. The number of nitriles is 1. The number of methoxy groups -OCH3 is 1. The van der Waals surface area contributed by atoms with Crippen LogP contribution < -0.4 is 20.1 Å². The summed E-state index contributed by atoms with van der Waals surface area (Å²) in [5.41, 5.74) is 4.47. The Bertz CT molecular complexity index is 1570. The summed E-state index contributed by atoms with van der Waals surface area (Å²) < 4.78 is 11.7. The number of anilines is 3. The summed E-state index contributed by atoms with van der Waals surface area (Å²) >= 11 is 0. The van der Waals surface area contributed by atoms with Crippen molar-refractivity contribution >= 4 is 17.5 Å². The lowest BCUT2D eigenvalue weighted by molar-refractivity contribution is 0.284. The molecular weight excluding hydrogens is 486 g/mol. The van der Waals surface area contributed by atoms with Crippen molar-refractivity contribution in [3.63, 3.8) is 0 Å². The normalized spacial score (nSPS) is 10.4. The van der Waals surface area contributed by atoms with Crippen LogP contribution >= 0.6 is 0 Å². The molecule has 0 aliphatic rings. The van der Waals surface area contributed by atoms with E-state index < -0.39 is 0 Å². The zero-order valence-electron chi connectivity index (χ0n) is 21.5. The molecule has 5 aromatic rings. The molecule has 1 aromatic heterocycles. The van der Waals surface area contributed by atoms with Crippen molar-refractivity contribution in [2.45, 2.75) is 13.2 Å². The van der Waals surface area contributed by atoms with E-state index in [1.807, 2.05) is 109 Å². The van der Waals surface area contributed by atoms with Crippen molar-refractivity contribution in [1.29, 1.82) is 5.26 Å². The van der Waals surface area contributed by atoms with E-state index in [1.165, 1.54) is 0 Å². The van der Waals surface area contributed by atoms with E-state index in [0.29, 0.717) is 53.2 Å². The van der Waals surface area contributed by atoms with Gasteiger partial charge in [0.15, 0.2) is 17.3 Å². The molecule has 0 unspecified atom stereocenters. The van der Waals surface area contributed by atoms with E-state index in [0.717, 1.165) is 16.8 Å². The van der Waals surface area contributed by atoms with Crippen molar-refractivity contribution in [2.75, 3.05) is 17.7 Å². The molecule has 7 nitrogen and oxygen atoms in total. The average molecular weight is 514 g/mol. The summed E-state index contributed by atoms with van der Waals surface area (Å²) in [6, 6.07) is 37.4. The summed E-state index contributed by atoms with van der Waals surface area (Å²) in [4.78, 5) is 9.40. The second-order valence-electron chi connectivity index (χ2n) is 8.70. The van der Waals surface area contributed by atoms with Gasteiger partial charge in [-0.1, -0.05) is 78.9 Å². The lowest BCUT2D eigenvalue weighted by Crippen LogP contribution is -2.09. The Morgan fingerprint density at radius 1 is 0.769 bits per heavy atom. The maximum atomic E-state index is 10.2. The molecule has 0 bridgehead atoms. The first kappa shape index (κ1) is 25.3. The van der Waals surface area contributed by atoms with E-state index >= 15 is 0 Å². The fourth-order valence-electron chi connectivity index (χ4n) is 4.05. The first-order valence-electron chi connectivity index (χ1n) is 12.5. The molecule has 0 radical (unpaired) electrons. The van der Waals surface area contributed by atoms with E-state index in [1.54, 1.807) is 7.11 Å². The highest BCUT2D eigenvalue weighted by atomic mass is 16.5. The average Bonchev–Trinajstić information content (AvgIpc) is 3.00. The number of nitrogens with zero attached hydrogens (tertiary/aromatic N) is 3. The molecule has 7 heteroatoms. The number of nitrogens with one attached hydrogen (secondary N) is 2. The molecule has 1 heterocycles. The molecule has 0 aliphatic heterocycles. The molecule has 2 N–H and O–H groups in total. The standard InChI is InChI=1S/C32H27N5O2/c1-38-29-19-25(17-18-28(29)39-22-24-13-7-3-8-14-24)30-27(20-33)31(35-26-15-9-4-10-16-26)37-32(36-30)34-21-23-11-5-2-6-12-23/h2-19H,21-22H2,1H3,(H2,34,35,36,37). The Balaban J connectivity index is 1.50. The third kappa shape index (κ3) is 6.32. The highest BCUT2D eigenvalue weighted by Crippen LogP contribution is 2.36. The van der Waals surface area contributed by atoms with Gasteiger partial charge in [0.1, 0.15) is 18.2 Å². The minimum atomic E-state index is 0.323. The van der Waals surface area contributed by atoms with Gasteiger partial charge in [-0.3, -0.25) is 0 Å². The minimum Gasteiger partial charge on any atom is -0.493 e. The molecule has 5 rings (SSSR count). The second kappa shape index (κ2) is 12.3.